The van der Waals surface area contributed by atoms with Gasteiger partial charge in [-0.15, -0.1) is 5.10 Å². The number of rotatable bonds is 6. The van der Waals surface area contributed by atoms with Crippen molar-refractivity contribution in [2.75, 3.05) is 12.4 Å². The van der Waals surface area contributed by atoms with E-state index in [1.807, 2.05) is 0 Å². The molecule has 0 unspecified atom stereocenters. The summed E-state index contributed by atoms with van der Waals surface area (Å²) in [5.74, 6) is 0.0943. The lowest BCUT2D eigenvalue weighted by atomic mass is 10.2. The average Bonchev–Trinajstić information content (AvgIpc) is 3.02. The molecule has 2 N–H and O–H groups in total. The maximum atomic E-state index is 12.2. The van der Waals surface area contributed by atoms with Gasteiger partial charge in [0.25, 0.3) is 0 Å². The monoisotopic (exact) mass is 416 g/mol. The van der Waals surface area contributed by atoms with Crippen molar-refractivity contribution >= 4 is 52.2 Å². The highest BCUT2D eigenvalue weighted by Crippen LogP contribution is 2.24. The van der Waals surface area contributed by atoms with Crippen molar-refractivity contribution in [3.8, 4) is 5.75 Å². The van der Waals surface area contributed by atoms with E-state index >= 15 is 0 Å². The number of nitrogens with one attached hydrogen (secondary N) is 2. The van der Waals surface area contributed by atoms with E-state index in [-0.39, 0.29) is 18.2 Å². The summed E-state index contributed by atoms with van der Waals surface area (Å²) in [5, 5.41) is 13.8. The number of carbonyl (C=O) groups is 2. The quantitative estimate of drug-likeness (QED) is 0.558. The zero-order valence-corrected chi connectivity index (χ0v) is 16.5. The van der Waals surface area contributed by atoms with Crippen LogP contribution in [0.15, 0.2) is 58.7 Å². The van der Waals surface area contributed by atoms with Crippen LogP contribution in [0.3, 0.4) is 0 Å². The summed E-state index contributed by atoms with van der Waals surface area (Å²) in [4.78, 5) is 24.3. The Labute approximate surface area is 171 Å². The van der Waals surface area contributed by atoms with Crippen LogP contribution in [0.2, 0.25) is 5.02 Å². The van der Waals surface area contributed by atoms with Gasteiger partial charge in [0.05, 0.1) is 13.3 Å². The molecule has 28 heavy (non-hydrogen) atoms. The predicted molar refractivity (Wildman–Crippen MR) is 112 cm³/mol. The molecule has 0 radical (unpaired) electrons. The normalized spacial score (nSPS) is 17.7. The van der Waals surface area contributed by atoms with Gasteiger partial charge in [-0.05, 0) is 29.8 Å². The van der Waals surface area contributed by atoms with Gasteiger partial charge in [0.1, 0.15) is 11.0 Å². The van der Waals surface area contributed by atoms with Gasteiger partial charge in [0.15, 0.2) is 5.17 Å². The van der Waals surface area contributed by atoms with E-state index in [4.69, 9.17) is 16.3 Å². The number of nitrogens with zero attached hydrogens (tertiary/aromatic N) is 2. The Balaban J connectivity index is 1.54. The number of halogens is 1. The van der Waals surface area contributed by atoms with Crippen LogP contribution in [0.25, 0.3) is 0 Å². The Kier molecular flexibility index (Phi) is 6.67. The van der Waals surface area contributed by atoms with Gasteiger partial charge in [-0.3, -0.25) is 9.59 Å². The molecule has 2 amide bonds. The van der Waals surface area contributed by atoms with Crippen molar-refractivity contribution < 1.29 is 14.3 Å². The average molecular weight is 417 g/mol. The molecular weight excluding hydrogens is 400 g/mol. The minimum Gasteiger partial charge on any atom is -0.497 e. The van der Waals surface area contributed by atoms with Crippen LogP contribution < -0.4 is 15.4 Å². The Morgan fingerprint density at radius 3 is 2.86 bits per heavy atom. The van der Waals surface area contributed by atoms with Gasteiger partial charge in [-0.2, -0.15) is 5.10 Å². The van der Waals surface area contributed by atoms with Crippen molar-refractivity contribution in [1.29, 1.82) is 0 Å². The topological polar surface area (TPSA) is 92.2 Å². The second-order valence-electron chi connectivity index (χ2n) is 5.78. The fourth-order valence-electron chi connectivity index (χ4n) is 2.36. The van der Waals surface area contributed by atoms with Crippen molar-refractivity contribution in [2.45, 2.75) is 11.7 Å². The van der Waals surface area contributed by atoms with E-state index in [1.54, 1.807) is 61.9 Å². The molecule has 1 saturated heterocycles. The highest BCUT2D eigenvalue weighted by Gasteiger charge is 2.32. The van der Waals surface area contributed by atoms with E-state index in [0.717, 1.165) is 5.56 Å². The molecule has 1 heterocycles. The number of carbonyl (C=O) groups excluding carboxylic acids is 2. The number of hydrogen-bond donors (Lipinski definition) is 2. The molecule has 1 aliphatic heterocycles. The SMILES string of the molecule is COc1cccc(NC(=O)C[C@@H]2S/C(=N/N=C\c3ccc(Cl)cc3)NC2=O)c1. The maximum Gasteiger partial charge on any atom is 0.240 e. The second-order valence-corrected chi connectivity index (χ2v) is 7.41. The summed E-state index contributed by atoms with van der Waals surface area (Å²) < 4.78 is 5.12. The molecule has 1 aliphatic rings. The van der Waals surface area contributed by atoms with Gasteiger partial charge in [0.2, 0.25) is 11.8 Å². The summed E-state index contributed by atoms with van der Waals surface area (Å²) in [6, 6.07) is 14.1. The molecular formula is C19H17ClN4O3S. The Hall–Kier alpha value is -2.84. The third-order valence-electron chi connectivity index (χ3n) is 3.73. The largest absolute Gasteiger partial charge is 0.497 e. The Bertz CT molecular complexity index is 931. The lowest BCUT2D eigenvalue weighted by Gasteiger charge is -2.08. The lowest BCUT2D eigenvalue weighted by molar-refractivity contribution is -0.122. The van der Waals surface area contributed by atoms with Gasteiger partial charge >= 0.3 is 0 Å². The first kappa shape index (κ1) is 19.9. The number of benzene rings is 2. The second kappa shape index (κ2) is 9.38. The van der Waals surface area contributed by atoms with Crippen molar-refractivity contribution in [1.82, 2.24) is 5.32 Å². The molecule has 0 aromatic heterocycles. The van der Waals surface area contributed by atoms with E-state index in [0.29, 0.717) is 21.6 Å². The number of hydrogen-bond acceptors (Lipinski definition) is 6. The Morgan fingerprint density at radius 1 is 1.32 bits per heavy atom. The summed E-state index contributed by atoms with van der Waals surface area (Å²) >= 11 is 7.00. The molecule has 7 nitrogen and oxygen atoms in total. The minimum absolute atomic E-state index is 0.0215. The van der Waals surface area contributed by atoms with Crippen LogP contribution in [0.1, 0.15) is 12.0 Å². The third kappa shape index (κ3) is 5.58. The summed E-state index contributed by atoms with van der Waals surface area (Å²) in [6.45, 7) is 0. The smallest absolute Gasteiger partial charge is 0.240 e. The van der Waals surface area contributed by atoms with Gasteiger partial charge in [-0.25, -0.2) is 0 Å². The molecule has 2 aromatic carbocycles. The van der Waals surface area contributed by atoms with Crippen LogP contribution in [0.4, 0.5) is 5.69 Å². The van der Waals surface area contributed by atoms with Crippen LogP contribution in [0, 0.1) is 0 Å². The van der Waals surface area contributed by atoms with Gasteiger partial charge in [-0.1, -0.05) is 41.6 Å². The molecule has 0 bridgehead atoms. The molecule has 2 aromatic rings. The van der Waals surface area contributed by atoms with Crippen molar-refractivity contribution in [3.63, 3.8) is 0 Å². The van der Waals surface area contributed by atoms with Crippen LogP contribution in [-0.4, -0.2) is 35.6 Å². The molecule has 0 saturated carbocycles. The summed E-state index contributed by atoms with van der Waals surface area (Å²) in [7, 11) is 1.55. The van der Waals surface area contributed by atoms with Crippen LogP contribution >= 0.6 is 23.4 Å². The summed E-state index contributed by atoms with van der Waals surface area (Å²) in [6.07, 6.45) is 1.58. The number of thioether (sulfide) groups is 1. The van der Waals surface area contributed by atoms with Gasteiger partial charge in [0, 0.05) is 23.2 Å². The lowest BCUT2D eigenvalue weighted by Crippen LogP contribution is -2.28. The fourth-order valence-corrected chi connectivity index (χ4v) is 3.41. The van der Waals surface area contributed by atoms with Gasteiger partial charge < -0.3 is 15.4 Å². The maximum absolute atomic E-state index is 12.2. The molecule has 3 rings (SSSR count). The van der Waals surface area contributed by atoms with Crippen molar-refractivity contribution in [2.24, 2.45) is 10.2 Å². The summed E-state index contributed by atoms with van der Waals surface area (Å²) in [5.41, 5.74) is 1.44. The molecule has 0 spiro atoms. The van der Waals surface area contributed by atoms with E-state index in [9.17, 15) is 9.59 Å². The van der Waals surface area contributed by atoms with Crippen molar-refractivity contribution in [3.05, 3.63) is 59.1 Å². The minimum atomic E-state index is -0.560. The van der Waals surface area contributed by atoms with E-state index < -0.39 is 5.25 Å². The molecule has 1 fully saturated rings. The Morgan fingerprint density at radius 2 is 2.11 bits per heavy atom. The standard InChI is InChI=1S/C19H17ClN4O3S/c1-27-15-4-2-3-14(9-15)22-17(25)10-16-18(26)23-19(28-16)24-21-11-12-5-7-13(20)8-6-12/h2-9,11,16H,10H2,1H3,(H,22,25)(H,23,24,26)/b21-11-/t16-/m0/s1. The molecule has 9 heteroatoms. The molecule has 1 atom stereocenters. The number of methoxy groups -OCH3 is 1. The number of anilines is 1. The highest BCUT2D eigenvalue weighted by atomic mass is 35.5. The number of amides is 2. The first-order valence-corrected chi connectivity index (χ1v) is 9.57. The number of amidine groups is 1. The number of ether oxygens (including phenoxy) is 1. The zero-order chi connectivity index (χ0) is 19.9. The van der Waals surface area contributed by atoms with Crippen LogP contribution in [-0.2, 0) is 9.59 Å². The fraction of sp³-hybridized carbons (Fsp3) is 0.158. The highest BCUT2D eigenvalue weighted by molar-refractivity contribution is 8.15. The first-order chi connectivity index (χ1) is 13.5. The molecule has 0 aliphatic carbocycles. The molecule has 144 valence electrons. The van der Waals surface area contributed by atoms with E-state index in [1.165, 1.54) is 11.8 Å². The predicted octanol–water partition coefficient (Wildman–Crippen LogP) is 3.30. The van der Waals surface area contributed by atoms with Crippen LogP contribution in [0.5, 0.6) is 5.75 Å². The third-order valence-corrected chi connectivity index (χ3v) is 5.05. The van der Waals surface area contributed by atoms with E-state index in [2.05, 4.69) is 20.8 Å². The zero-order valence-electron chi connectivity index (χ0n) is 14.9. The first-order valence-electron chi connectivity index (χ1n) is 8.31.